The van der Waals surface area contributed by atoms with E-state index in [4.69, 9.17) is 18.9 Å². The van der Waals surface area contributed by atoms with Gasteiger partial charge >= 0.3 is 0 Å². The highest BCUT2D eigenvalue weighted by atomic mass is 16.7. The van der Waals surface area contributed by atoms with Gasteiger partial charge in [-0.3, -0.25) is 0 Å². The quantitative estimate of drug-likeness (QED) is 0.335. The fourth-order valence-corrected chi connectivity index (χ4v) is 4.58. The van der Waals surface area contributed by atoms with Gasteiger partial charge in [0.25, 0.3) is 0 Å². The Hall–Kier alpha value is -0.940. The summed E-state index contributed by atoms with van der Waals surface area (Å²) in [5.74, 6) is 0. The van der Waals surface area contributed by atoms with Gasteiger partial charge in [0.1, 0.15) is 18.3 Å². The van der Waals surface area contributed by atoms with Crippen molar-refractivity contribution in [3.63, 3.8) is 0 Å². The standard InChI is InChI=1S/C25H40O4/c1-3-4-5-6-7-8-9-10-11-15-18-21-22-23(24(28-21)25(26-2)29-22)27-19-20-16-13-12-14-17-20/h12-14,16-17,21-25H,3-11,15,18-19H2,1-2H3/t21-,22?,23?,24?,25+/m0/s1. The van der Waals surface area contributed by atoms with Crippen LogP contribution in [0.1, 0.15) is 83.1 Å². The average Bonchev–Trinajstić information content (AvgIpc) is 3.28. The normalized spacial score (nSPS) is 28.3. The van der Waals surface area contributed by atoms with Gasteiger partial charge in [-0.1, -0.05) is 101 Å². The van der Waals surface area contributed by atoms with Gasteiger partial charge in [0.05, 0.1) is 12.7 Å². The van der Waals surface area contributed by atoms with Gasteiger partial charge in [0.15, 0.2) is 6.29 Å². The van der Waals surface area contributed by atoms with Crippen LogP contribution in [0.15, 0.2) is 30.3 Å². The summed E-state index contributed by atoms with van der Waals surface area (Å²) in [6, 6.07) is 10.3. The van der Waals surface area contributed by atoms with Crippen molar-refractivity contribution in [1.29, 1.82) is 0 Å². The van der Waals surface area contributed by atoms with Gasteiger partial charge in [-0.2, -0.15) is 0 Å². The third-order valence-electron chi connectivity index (χ3n) is 6.27. The van der Waals surface area contributed by atoms with Crippen molar-refractivity contribution in [1.82, 2.24) is 0 Å². The molecule has 2 saturated heterocycles. The molecule has 2 heterocycles. The van der Waals surface area contributed by atoms with E-state index in [9.17, 15) is 0 Å². The smallest absolute Gasteiger partial charge is 0.186 e. The van der Waals surface area contributed by atoms with E-state index in [1.54, 1.807) is 7.11 Å². The third-order valence-corrected chi connectivity index (χ3v) is 6.27. The lowest BCUT2D eigenvalue weighted by Gasteiger charge is -2.27. The second-order valence-electron chi connectivity index (χ2n) is 8.58. The van der Waals surface area contributed by atoms with Crippen LogP contribution >= 0.6 is 0 Å². The van der Waals surface area contributed by atoms with Crippen LogP contribution in [0.25, 0.3) is 0 Å². The van der Waals surface area contributed by atoms with E-state index in [0.717, 1.165) is 6.42 Å². The highest BCUT2D eigenvalue weighted by Crippen LogP contribution is 2.40. The Morgan fingerprint density at radius 3 is 2.10 bits per heavy atom. The van der Waals surface area contributed by atoms with Crippen molar-refractivity contribution in [2.45, 2.75) is 115 Å². The molecular weight excluding hydrogens is 364 g/mol. The molecule has 4 heteroatoms. The van der Waals surface area contributed by atoms with Gasteiger partial charge in [0, 0.05) is 7.11 Å². The summed E-state index contributed by atoms with van der Waals surface area (Å²) >= 11 is 0. The first kappa shape index (κ1) is 22.7. The second kappa shape index (κ2) is 12.7. The first-order valence-electron chi connectivity index (χ1n) is 11.8. The molecule has 0 N–H and O–H groups in total. The Balaban J connectivity index is 1.32. The maximum Gasteiger partial charge on any atom is 0.186 e. The van der Waals surface area contributed by atoms with Gasteiger partial charge in [0.2, 0.25) is 0 Å². The number of unbranched alkanes of at least 4 members (excludes halogenated alkanes) is 9. The number of fused-ring (bicyclic) bond motifs is 2. The summed E-state index contributed by atoms with van der Waals surface area (Å²) in [6.45, 7) is 2.87. The van der Waals surface area contributed by atoms with Crippen molar-refractivity contribution in [3.05, 3.63) is 35.9 Å². The molecule has 0 saturated carbocycles. The summed E-state index contributed by atoms with van der Waals surface area (Å²) in [4.78, 5) is 0. The predicted octanol–water partition coefficient (Wildman–Crippen LogP) is 6.02. The molecule has 0 aromatic heterocycles. The number of rotatable bonds is 15. The molecule has 4 nitrogen and oxygen atoms in total. The maximum absolute atomic E-state index is 6.27. The Morgan fingerprint density at radius 2 is 1.45 bits per heavy atom. The summed E-state index contributed by atoms with van der Waals surface area (Å²) in [7, 11) is 1.68. The van der Waals surface area contributed by atoms with Gasteiger partial charge in [-0.25, -0.2) is 0 Å². The van der Waals surface area contributed by atoms with Crippen molar-refractivity contribution >= 4 is 0 Å². The zero-order valence-corrected chi connectivity index (χ0v) is 18.4. The second-order valence-corrected chi connectivity index (χ2v) is 8.58. The van der Waals surface area contributed by atoms with E-state index in [-0.39, 0.29) is 30.7 Å². The molecule has 2 aliphatic heterocycles. The Kier molecular flexibility index (Phi) is 9.95. The SMILES string of the molecule is CCCCCCCCCCCC[C@@H]1OC2C(OCc3ccccc3)C1O[C@H]2OC. The van der Waals surface area contributed by atoms with Crippen LogP contribution in [0, 0.1) is 0 Å². The maximum atomic E-state index is 6.27. The number of ether oxygens (including phenoxy) is 4. The Bertz CT molecular complexity index is 549. The molecule has 3 rings (SSSR count). The van der Waals surface area contributed by atoms with Gasteiger partial charge in [-0.15, -0.1) is 0 Å². The van der Waals surface area contributed by atoms with Crippen LogP contribution in [0.2, 0.25) is 0 Å². The molecule has 2 bridgehead atoms. The molecule has 29 heavy (non-hydrogen) atoms. The molecule has 2 aliphatic rings. The van der Waals surface area contributed by atoms with Crippen LogP contribution < -0.4 is 0 Å². The molecule has 164 valence electrons. The summed E-state index contributed by atoms with van der Waals surface area (Å²) in [6.07, 6.45) is 14.3. The Morgan fingerprint density at radius 1 is 0.793 bits per heavy atom. The molecule has 5 atom stereocenters. The largest absolute Gasteiger partial charge is 0.368 e. The van der Waals surface area contributed by atoms with Gasteiger partial charge < -0.3 is 18.9 Å². The lowest BCUT2D eigenvalue weighted by atomic mass is 10.0. The molecule has 1 aromatic rings. The summed E-state index contributed by atoms with van der Waals surface area (Å²) < 4.78 is 24.0. The molecule has 1 aromatic carbocycles. The van der Waals surface area contributed by atoms with Crippen LogP contribution in [0.5, 0.6) is 0 Å². The van der Waals surface area contributed by atoms with Crippen LogP contribution in [0.3, 0.4) is 0 Å². The summed E-state index contributed by atoms with van der Waals surface area (Å²) in [5.41, 5.74) is 1.18. The number of hydrogen-bond acceptors (Lipinski definition) is 4. The van der Waals surface area contributed by atoms with Crippen molar-refractivity contribution in [3.8, 4) is 0 Å². The lowest BCUT2D eigenvalue weighted by Crippen LogP contribution is -2.36. The van der Waals surface area contributed by atoms with Gasteiger partial charge in [-0.05, 0) is 12.0 Å². The molecule has 0 aliphatic carbocycles. The van der Waals surface area contributed by atoms with Crippen LogP contribution in [-0.2, 0) is 25.6 Å². The first-order valence-corrected chi connectivity index (χ1v) is 11.8. The highest BCUT2D eigenvalue weighted by Gasteiger charge is 2.57. The van der Waals surface area contributed by atoms with Crippen molar-refractivity contribution < 1.29 is 18.9 Å². The predicted molar refractivity (Wildman–Crippen MR) is 116 cm³/mol. The average molecular weight is 405 g/mol. The zero-order chi connectivity index (χ0) is 20.3. The summed E-state index contributed by atoms with van der Waals surface area (Å²) in [5, 5.41) is 0. The molecular formula is C25H40O4. The van der Waals surface area contributed by atoms with E-state index in [1.807, 2.05) is 18.2 Å². The minimum Gasteiger partial charge on any atom is -0.368 e. The molecule has 0 amide bonds. The van der Waals surface area contributed by atoms with E-state index in [1.165, 1.54) is 69.8 Å². The van der Waals surface area contributed by atoms with Crippen LogP contribution in [-0.4, -0.2) is 37.8 Å². The molecule has 0 radical (unpaired) electrons. The van der Waals surface area contributed by atoms with E-state index >= 15 is 0 Å². The van der Waals surface area contributed by atoms with Crippen molar-refractivity contribution in [2.75, 3.05) is 7.11 Å². The number of benzene rings is 1. The molecule has 2 fully saturated rings. The minimum absolute atomic E-state index is 0.00720. The first-order chi connectivity index (χ1) is 14.3. The minimum atomic E-state index is -0.301. The molecule has 3 unspecified atom stereocenters. The highest BCUT2D eigenvalue weighted by molar-refractivity contribution is 5.13. The van der Waals surface area contributed by atoms with E-state index in [0.29, 0.717) is 6.61 Å². The van der Waals surface area contributed by atoms with Crippen LogP contribution in [0.4, 0.5) is 0 Å². The molecule has 0 spiro atoms. The topological polar surface area (TPSA) is 36.9 Å². The van der Waals surface area contributed by atoms with E-state index in [2.05, 4.69) is 19.1 Å². The number of hydrogen-bond donors (Lipinski definition) is 0. The monoisotopic (exact) mass is 404 g/mol. The lowest BCUT2D eigenvalue weighted by molar-refractivity contribution is -0.228. The zero-order valence-electron chi connectivity index (χ0n) is 18.4. The fraction of sp³-hybridized carbons (Fsp3) is 0.760. The fourth-order valence-electron chi connectivity index (χ4n) is 4.58. The van der Waals surface area contributed by atoms with E-state index < -0.39 is 0 Å². The number of methoxy groups -OCH3 is 1. The van der Waals surface area contributed by atoms with Crippen molar-refractivity contribution in [2.24, 2.45) is 0 Å². The Labute approximate surface area is 177 Å². The third kappa shape index (κ3) is 6.78.